The number of hydrogen-bond donors (Lipinski definition) is 0. The fraction of sp³-hybridized carbons (Fsp3) is 0. The zero-order valence-corrected chi connectivity index (χ0v) is 9.50. The zero-order valence-electron chi connectivity index (χ0n) is 8.33. The Morgan fingerprint density at radius 2 is 2.15 bits per heavy atom. The molecule has 0 saturated heterocycles. The fourth-order valence-corrected chi connectivity index (χ4v) is 1.32. The van der Waals surface area contributed by atoms with E-state index in [9.17, 15) is 0 Å². The van der Waals surface area contributed by atoms with Crippen molar-refractivity contribution in [3.63, 3.8) is 0 Å². The van der Waals surface area contributed by atoms with Crippen molar-refractivity contribution >= 4 is 31.9 Å². The lowest BCUT2D eigenvalue weighted by atomic mass is 10.5. The summed E-state index contributed by atoms with van der Waals surface area (Å²) in [5.74, 6) is 0.516. The fourth-order valence-electron chi connectivity index (χ4n) is 0.839. The van der Waals surface area contributed by atoms with Gasteiger partial charge in [-0.25, -0.2) is 9.67 Å². The Kier molecular flexibility index (Phi) is 1.86. The summed E-state index contributed by atoms with van der Waals surface area (Å²) in [7, 11) is 0. The van der Waals surface area contributed by atoms with Gasteiger partial charge in [0.25, 0.3) is 0 Å². The van der Waals surface area contributed by atoms with Crippen LogP contribution in [-0.4, -0.2) is 14.8 Å². The van der Waals surface area contributed by atoms with Crippen molar-refractivity contribution in [2.75, 3.05) is 0 Å². The van der Waals surface area contributed by atoms with Gasteiger partial charge in [0.2, 0.25) is 0 Å². The average molecular weight is 305 g/mol. The first-order chi connectivity index (χ1) is 7.09. The largest absolute Gasteiger partial charge is 0.236 e. The molecule has 5 heteroatoms. The van der Waals surface area contributed by atoms with Crippen LogP contribution in [0.1, 0.15) is 2.74 Å². The molecule has 0 atom stereocenters. The first kappa shape index (κ1) is 6.73. The van der Waals surface area contributed by atoms with Gasteiger partial charge >= 0.3 is 0 Å². The molecule has 0 amide bonds. The summed E-state index contributed by atoms with van der Waals surface area (Å²) < 4.78 is 17.7. The number of rotatable bonds is 1. The molecule has 2 aromatic heterocycles. The lowest BCUT2D eigenvalue weighted by Crippen LogP contribution is -1.96. The Bertz CT molecular complexity index is 495. The van der Waals surface area contributed by atoms with Crippen molar-refractivity contribution in [3.8, 4) is 5.82 Å². The standard InChI is InChI=1S/C8H5Br2N3/c9-6-1-2-8(11-3-6)13-5-7(10)4-12-13/h1-5H/i4D,5D. The molecule has 3 nitrogen and oxygen atoms in total. The number of hydrogen-bond acceptors (Lipinski definition) is 2. The lowest BCUT2D eigenvalue weighted by molar-refractivity contribution is 0.846. The van der Waals surface area contributed by atoms with Crippen LogP contribution in [0.4, 0.5) is 0 Å². The quantitative estimate of drug-likeness (QED) is 0.811. The summed E-state index contributed by atoms with van der Waals surface area (Å²) in [5, 5.41) is 3.88. The topological polar surface area (TPSA) is 30.7 Å². The highest BCUT2D eigenvalue weighted by Crippen LogP contribution is 2.12. The van der Waals surface area contributed by atoms with E-state index in [2.05, 4.69) is 41.9 Å². The predicted molar refractivity (Wildman–Crippen MR) is 56.8 cm³/mol. The van der Waals surface area contributed by atoms with Crippen molar-refractivity contribution in [3.05, 3.63) is 39.6 Å². The third-order valence-electron chi connectivity index (χ3n) is 1.38. The highest BCUT2D eigenvalue weighted by Gasteiger charge is 1.98. The number of aromatic nitrogens is 3. The van der Waals surface area contributed by atoms with Crippen LogP contribution in [0, 0.1) is 0 Å². The molecule has 2 aromatic rings. The smallest absolute Gasteiger partial charge is 0.153 e. The molecule has 2 rings (SSSR count). The van der Waals surface area contributed by atoms with Gasteiger partial charge < -0.3 is 0 Å². The SMILES string of the molecule is [2H]c1nn(-c2ccc(Br)cn2)c([2H])c1Br. The normalized spacial score (nSPS) is 12.5. The van der Waals surface area contributed by atoms with Crippen molar-refractivity contribution in [2.24, 2.45) is 0 Å². The minimum absolute atomic E-state index is 0.0321. The molecule has 0 radical (unpaired) electrons. The molecule has 0 aromatic carbocycles. The zero-order chi connectivity index (χ0) is 11.0. The molecule has 0 unspecified atom stereocenters. The first-order valence-corrected chi connectivity index (χ1v) is 5.02. The van der Waals surface area contributed by atoms with Crippen LogP contribution in [0.25, 0.3) is 5.82 Å². The van der Waals surface area contributed by atoms with Crippen molar-refractivity contribution in [1.29, 1.82) is 0 Å². The molecular weight excluding hydrogens is 298 g/mol. The van der Waals surface area contributed by atoms with Crippen LogP contribution in [0.2, 0.25) is 0 Å². The Balaban J connectivity index is 2.54. The molecule has 2 heterocycles. The Morgan fingerprint density at radius 1 is 1.31 bits per heavy atom. The second-order valence-electron chi connectivity index (χ2n) is 2.28. The van der Waals surface area contributed by atoms with Crippen LogP contribution in [0.3, 0.4) is 0 Å². The molecule has 66 valence electrons. The van der Waals surface area contributed by atoms with Gasteiger partial charge in [-0.05, 0) is 44.0 Å². The van der Waals surface area contributed by atoms with E-state index in [0.717, 1.165) is 4.47 Å². The molecule has 0 N–H and O–H groups in total. The minimum Gasteiger partial charge on any atom is -0.236 e. The molecule has 0 saturated carbocycles. The Morgan fingerprint density at radius 3 is 2.69 bits per heavy atom. The van der Waals surface area contributed by atoms with Gasteiger partial charge in [-0.2, -0.15) is 5.10 Å². The summed E-state index contributed by atoms with van der Waals surface area (Å²) >= 11 is 6.39. The molecule has 0 aliphatic rings. The molecule has 0 bridgehead atoms. The van der Waals surface area contributed by atoms with Crippen molar-refractivity contribution in [1.82, 2.24) is 14.8 Å². The van der Waals surface area contributed by atoms with E-state index in [0.29, 0.717) is 10.3 Å². The van der Waals surface area contributed by atoms with Crippen LogP contribution in [0.5, 0.6) is 0 Å². The van der Waals surface area contributed by atoms with Gasteiger partial charge in [0.05, 0.1) is 13.4 Å². The van der Waals surface area contributed by atoms with Gasteiger partial charge in [0.1, 0.15) is 0 Å². The third kappa shape index (κ3) is 1.97. The summed E-state index contributed by atoms with van der Waals surface area (Å²) in [4.78, 5) is 4.09. The highest BCUT2D eigenvalue weighted by atomic mass is 79.9. The second-order valence-corrected chi connectivity index (χ2v) is 3.99. The number of pyridine rings is 1. The van der Waals surface area contributed by atoms with E-state index in [4.69, 9.17) is 2.74 Å². The van der Waals surface area contributed by atoms with Crippen molar-refractivity contribution < 1.29 is 2.74 Å². The van der Waals surface area contributed by atoms with Gasteiger partial charge in [0.15, 0.2) is 5.82 Å². The Labute approximate surface area is 94.9 Å². The molecule has 13 heavy (non-hydrogen) atoms. The maximum absolute atomic E-state index is 7.69. The van der Waals surface area contributed by atoms with E-state index in [1.54, 1.807) is 18.3 Å². The molecule has 0 spiro atoms. The van der Waals surface area contributed by atoms with Gasteiger partial charge in [-0.3, -0.25) is 0 Å². The first-order valence-electron chi connectivity index (χ1n) is 4.43. The van der Waals surface area contributed by atoms with E-state index >= 15 is 0 Å². The third-order valence-corrected chi connectivity index (χ3v) is 2.20. The summed E-state index contributed by atoms with van der Waals surface area (Å²) in [6.45, 7) is 0. The highest BCUT2D eigenvalue weighted by molar-refractivity contribution is 9.10. The van der Waals surface area contributed by atoms with E-state index < -0.39 is 0 Å². The Hall–Kier alpha value is -0.680. The monoisotopic (exact) mass is 303 g/mol. The molecule has 0 aliphatic carbocycles. The van der Waals surface area contributed by atoms with Crippen LogP contribution in [-0.2, 0) is 0 Å². The summed E-state index contributed by atoms with van der Waals surface area (Å²) in [5.41, 5.74) is 0. The summed E-state index contributed by atoms with van der Waals surface area (Å²) in [6.07, 6.45) is 1.77. The van der Waals surface area contributed by atoms with Gasteiger partial charge in [0, 0.05) is 16.8 Å². The number of halogens is 2. The van der Waals surface area contributed by atoms with Crippen molar-refractivity contribution in [2.45, 2.75) is 0 Å². The van der Waals surface area contributed by atoms with Gasteiger partial charge in [-0.15, -0.1) is 0 Å². The van der Waals surface area contributed by atoms with E-state index in [1.165, 1.54) is 4.68 Å². The second kappa shape index (κ2) is 3.59. The maximum Gasteiger partial charge on any atom is 0.153 e. The summed E-state index contributed by atoms with van der Waals surface area (Å²) in [6, 6.07) is 3.53. The molecule has 0 aliphatic heterocycles. The van der Waals surface area contributed by atoms with Gasteiger partial charge in [-0.1, -0.05) is 0 Å². The maximum atomic E-state index is 7.69. The molecule has 0 fully saturated rings. The van der Waals surface area contributed by atoms with Crippen LogP contribution in [0.15, 0.2) is 39.6 Å². The van der Waals surface area contributed by atoms with Crippen LogP contribution >= 0.6 is 31.9 Å². The lowest BCUT2D eigenvalue weighted by Gasteiger charge is -1.98. The van der Waals surface area contributed by atoms with Crippen LogP contribution < -0.4 is 0 Å². The molecular formula is C8H5Br2N3. The predicted octanol–water partition coefficient (Wildman–Crippen LogP) is 2.79. The average Bonchev–Trinajstić information content (AvgIpc) is 2.47. The van der Waals surface area contributed by atoms with E-state index in [1.807, 2.05) is 0 Å². The van der Waals surface area contributed by atoms with E-state index in [-0.39, 0.29) is 12.3 Å². The number of nitrogens with zero attached hydrogens (tertiary/aromatic N) is 3. The minimum atomic E-state index is 0.0321.